The molecule has 5 heteroatoms. The SMILES string of the molecule is O=C(CCNc1ccc2c(c1)OCCO2)NC1CCCC1. The average Bonchev–Trinajstić information content (AvgIpc) is 3.00. The van der Waals surface area contributed by atoms with E-state index >= 15 is 0 Å². The Morgan fingerprint density at radius 1 is 1.14 bits per heavy atom. The number of nitrogens with one attached hydrogen (secondary N) is 2. The Bertz CT molecular complexity index is 498. The van der Waals surface area contributed by atoms with Gasteiger partial charge in [-0.2, -0.15) is 0 Å². The molecule has 1 aromatic carbocycles. The van der Waals surface area contributed by atoms with Gasteiger partial charge in [0.05, 0.1) is 0 Å². The number of amides is 1. The van der Waals surface area contributed by atoms with Crippen LogP contribution in [-0.2, 0) is 4.79 Å². The molecule has 2 N–H and O–H groups in total. The molecule has 0 aromatic heterocycles. The van der Waals surface area contributed by atoms with Gasteiger partial charge in [0.1, 0.15) is 13.2 Å². The van der Waals surface area contributed by atoms with Crippen LogP contribution >= 0.6 is 0 Å². The second kappa shape index (κ2) is 6.70. The minimum Gasteiger partial charge on any atom is -0.486 e. The number of carbonyl (C=O) groups excluding carboxylic acids is 1. The number of hydrogen-bond acceptors (Lipinski definition) is 4. The predicted molar refractivity (Wildman–Crippen MR) is 80.9 cm³/mol. The lowest BCUT2D eigenvalue weighted by molar-refractivity contribution is -0.121. The highest BCUT2D eigenvalue weighted by molar-refractivity contribution is 5.76. The molecule has 0 spiro atoms. The molecule has 1 aliphatic carbocycles. The van der Waals surface area contributed by atoms with Crippen LogP contribution in [0.3, 0.4) is 0 Å². The van der Waals surface area contributed by atoms with Gasteiger partial charge in [-0.1, -0.05) is 12.8 Å². The standard InChI is InChI=1S/C16H22N2O3/c19-16(18-12-3-1-2-4-12)7-8-17-13-5-6-14-15(11-13)21-10-9-20-14/h5-6,11-12,17H,1-4,7-10H2,(H,18,19). The van der Waals surface area contributed by atoms with Gasteiger partial charge in [-0.15, -0.1) is 0 Å². The molecule has 3 rings (SSSR count). The van der Waals surface area contributed by atoms with E-state index in [2.05, 4.69) is 10.6 Å². The number of rotatable bonds is 5. The fourth-order valence-corrected chi connectivity index (χ4v) is 2.84. The number of carbonyl (C=O) groups is 1. The summed E-state index contributed by atoms with van der Waals surface area (Å²) >= 11 is 0. The third kappa shape index (κ3) is 3.80. The number of anilines is 1. The smallest absolute Gasteiger partial charge is 0.221 e. The maximum Gasteiger partial charge on any atom is 0.221 e. The van der Waals surface area contributed by atoms with Gasteiger partial charge >= 0.3 is 0 Å². The predicted octanol–water partition coefficient (Wildman–Crippen LogP) is 2.32. The van der Waals surface area contributed by atoms with Crippen molar-refractivity contribution in [2.45, 2.75) is 38.1 Å². The Kier molecular flexibility index (Phi) is 4.48. The van der Waals surface area contributed by atoms with Gasteiger partial charge in [-0.3, -0.25) is 4.79 Å². The molecule has 0 saturated heterocycles. The molecule has 1 saturated carbocycles. The van der Waals surface area contributed by atoms with Crippen molar-refractivity contribution in [3.8, 4) is 11.5 Å². The van der Waals surface area contributed by atoms with Crippen LogP contribution in [0.5, 0.6) is 11.5 Å². The summed E-state index contributed by atoms with van der Waals surface area (Å²) in [6.45, 7) is 1.81. The fourth-order valence-electron chi connectivity index (χ4n) is 2.84. The zero-order valence-corrected chi connectivity index (χ0v) is 12.2. The lowest BCUT2D eigenvalue weighted by atomic mass is 10.2. The van der Waals surface area contributed by atoms with Crippen molar-refractivity contribution in [3.05, 3.63) is 18.2 Å². The van der Waals surface area contributed by atoms with E-state index in [0.29, 0.717) is 32.2 Å². The summed E-state index contributed by atoms with van der Waals surface area (Å²) < 4.78 is 11.0. The van der Waals surface area contributed by atoms with Crippen LogP contribution < -0.4 is 20.1 Å². The molecule has 0 radical (unpaired) electrons. The summed E-state index contributed by atoms with van der Waals surface area (Å²) in [5.41, 5.74) is 0.952. The van der Waals surface area contributed by atoms with E-state index in [0.717, 1.165) is 30.0 Å². The van der Waals surface area contributed by atoms with Gasteiger partial charge in [0, 0.05) is 30.8 Å². The van der Waals surface area contributed by atoms with E-state index in [1.54, 1.807) is 0 Å². The molecule has 0 unspecified atom stereocenters. The highest BCUT2D eigenvalue weighted by atomic mass is 16.6. The average molecular weight is 290 g/mol. The Morgan fingerprint density at radius 3 is 2.71 bits per heavy atom. The topological polar surface area (TPSA) is 59.6 Å². The first-order valence-electron chi connectivity index (χ1n) is 7.74. The van der Waals surface area contributed by atoms with Crippen LogP contribution in [0.2, 0.25) is 0 Å². The van der Waals surface area contributed by atoms with Gasteiger partial charge < -0.3 is 20.1 Å². The van der Waals surface area contributed by atoms with Crippen molar-refractivity contribution in [2.24, 2.45) is 0 Å². The molecule has 5 nitrogen and oxygen atoms in total. The number of hydrogen-bond donors (Lipinski definition) is 2. The van der Waals surface area contributed by atoms with Gasteiger partial charge in [-0.05, 0) is 25.0 Å². The molecule has 21 heavy (non-hydrogen) atoms. The zero-order valence-electron chi connectivity index (χ0n) is 12.2. The second-order valence-electron chi connectivity index (χ2n) is 5.58. The van der Waals surface area contributed by atoms with E-state index in [1.807, 2.05) is 18.2 Å². The number of benzene rings is 1. The molecule has 1 aromatic rings. The number of ether oxygens (including phenoxy) is 2. The van der Waals surface area contributed by atoms with Crippen LogP contribution in [0.15, 0.2) is 18.2 Å². The van der Waals surface area contributed by atoms with Crippen LogP contribution in [0, 0.1) is 0 Å². The molecule has 1 fully saturated rings. The van der Waals surface area contributed by atoms with E-state index in [-0.39, 0.29) is 5.91 Å². The molecule has 2 aliphatic rings. The summed E-state index contributed by atoms with van der Waals surface area (Å²) in [7, 11) is 0. The van der Waals surface area contributed by atoms with Crippen molar-refractivity contribution >= 4 is 11.6 Å². The van der Waals surface area contributed by atoms with Crippen molar-refractivity contribution in [2.75, 3.05) is 25.1 Å². The summed E-state index contributed by atoms with van der Waals surface area (Å²) in [4.78, 5) is 11.8. The maximum atomic E-state index is 11.8. The van der Waals surface area contributed by atoms with Crippen molar-refractivity contribution in [1.29, 1.82) is 0 Å². The van der Waals surface area contributed by atoms with Crippen molar-refractivity contribution in [3.63, 3.8) is 0 Å². The second-order valence-corrected chi connectivity index (χ2v) is 5.58. The molecule has 1 aliphatic heterocycles. The minimum atomic E-state index is 0.131. The lowest BCUT2D eigenvalue weighted by Crippen LogP contribution is -2.33. The van der Waals surface area contributed by atoms with Crippen LogP contribution in [0.25, 0.3) is 0 Å². The molecule has 1 heterocycles. The monoisotopic (exact) mass is 290 g/mol. The van der Waals surface area contributed by atoms with Crippen molar-refractivity contribution < 1.29 is 14.3 Å². The van der Waals surface area contributed by atoms with Crippen LogP contribution in [0.1, 0.15) is 32.1 Å². The molecular weight excluding hydrogens is 268 g/mol. The van der Waals surface area contributed by atoms with Gasteiger partial charge in [0.15, 0.2) is 11.5 Å². The Morgan fingerprint density at radius 2 is 1.90 bits per heavy atom. The maximum absolute atomic E-state index is 11.8. The first-order valence-corrected chi connectivity index (χ1v) is 7.74. The van der Waals surface area contributed by atoms with Crippen LogP contribution in [0.4, 0.5) is 5.69 Å². The molecule has 0 bridgehead atoms. The number of fused-ring (bicyclic) bond motifs is 1. The lowest BCUT2D eigenvalue weighted by Gasteiger charge is -2.19. The molecule has 0 atom stereocenters. The van der Waals surface area contributed by atoms with E-state index in [1.165, 1.54) is 12.8 Å². The van der Waals surface area contributed by atoms with Crippen LogP contribution in [-0.4, -0.2) is 31.7 Å². The van der Waals surface area contributed by atoms with Gasteiger partial charge in [-0.25, -0.2) is 0 Å². The summed E-state index contributed by atoms with van der Waals surface area (Å²) in [6, 6.07) is 6.16. The molecular formula is C16H22N2O3. The summed E-state index contributed by atoms with van der Waals surface area (Å²) in [5, 5.41) is 6.35. The Hall–Kier alpha value is -1.91. The Balaban J connectivity index is 1.43. The molecule has 1 amide bonds. The fraction of sp³-hybridized carbons (Fsp3) is 0.562. The first kappa shape index (κ1) is 14.0. The third-order valence-electron chi connectivity index (χ3n) is 3.94. The van der Waals surface area contributed by atoms with Gasteiger partial charge in [0.2, 0.25) is 5.91 Å². The highest BCUT2D eigenvalue weighted by Gasteiger charge is 2.16. The highest BCUT2D eigenvalue weighted by Crippen LogP contribution is 2.32. The quantitative estimate of drug-likeness (QED) is 0.873. The van der Waals surface area contributed by atoms with Crippen molar-refractivity contribution in [1.82, 2.24) is 5.32 Å². The largest absolute Gasteiger partial charge is 0.486 e. The first-order chi connectivity index (χ1) is 10.3. The van der Waals surface area contributed by atoms with E-state index in [4.69, 9.17) is 9.47 Å². The summed E-state index contributed by atoms with van der Waals surface area (Å²) in [6.07, 6.45) is 5.22. The Labute approximate surface area is 125 Å². The van der Waals surface area contributed by atoms with E-state index < -0.39 is 0 Å². The molecule has 114 valence electrons. The zero-order chi connectivity index (χ0) is 14.5. The van der Waals surface area contributed by atoms with E-state index in [9.17, 15) is 4.79 Å². The third-order valence-corrected chi connectivity index (χ3v) is 3.94. The summed E-state index contributed by atoms with van der Waals surface area (Å²) in [5.74, 6) is 1.68. The minimum absolute atomic E-state index is 0.131. The van der Waals surface area contributed by atoms with Gasteiger partial charge in [0.25, 0.3) is 0 Å². The normalized spacial score (nSPS) is 17.5.